The Morgan fingerprint density at radius 2 is 0.680 bits per heavy atom. The van der Waals surface area contributed by atoms with E-state index in [1.54, 1.807) is 41.5 Å². The zero-order valence-electron chi connectivity index (χ0n) is 15.6. The summed E-state index contributed by atoms with van der Waals surface area (Å²) < 4.78 is 0. The SMILES string of the molecule is CC(C)[C@H](N)C(=O)O.CC(C)[C@H](N)C(=O)O.CC(C)[C@H](N)C(=O)O.[Fe]. The maximum absolute atomic E-state index is 10.0. The van der Waals surface area contributed by atoms with Crippen LogP contribution in [0.1, 0.15) is 41.5 Å². The van der Waals surface area contributed by atoms with Crippen molar-refractivity contribution in [2.75, 3.05) is 0 Å². The van der Waals surface area contributed by atoms with Crippen molar-refractivity contribution in [2.45, 2.75) is 59.7 Å². The third-order valence-electron chi connectivity index (χ3n) is 3.01. The smallest absolute Gasteiger partial charge is 0.320 e. The van der Waals surface area contributed by atoms with Gasteiger partial charge in [0, 0.05) is 17.1 Å². The van der Waals surface area contributed by atoms with Crippen molar-refractivity contribution in [3.8, 4) is 0 Å². The van der Waals surface area contributed by atoms with E-state index in [9.17, 15) is 14.4 Å². The molecule has 0 bridgehead atoms. The van der Waals surface area contributed by atoms with E-state index in [0.717, 1.165) is 0 Å². The molecule has 0 amide bonds. The number of hydrogen-bond donors (Lipinski definition) is 6. The Morgan fingerprint density at radius 3 is 0.680 bits per heavy atom. The summed E-state index contributed by atoms with van der Waals surface area (Å²) in [4.78, 5) is 30.0. The number of nitrogens with two attached hydrogens (primary N) is 3. The maximum Gasteiger partial charge on any atom is 0.320 e. The van der Waals surface area contributed by atoms with Gasteiger partial charge in [-0.15, -0.1) is 0 Å². The normalized spacial score (nSPS) is 13.4. The van der Waals surface area contributed by atoms with E-state index < -0.39 is 36.0 Å². The van der Waals surface area contributed by atoms with Crippen molar-refractivity contribution >= 4 is 17.9 Å². The molecule has 0 unspecified atom stereocenters. The van der Waals surface area contributed by atoms with Gasteiger partial charge in [0.1, 0.15) is 18.1 Å². The van der Waals surface area contributed by atoms with Crippen molar-refractivity contribution in [3.63, 3.8) is 0 Å². The van der Waals surface area contributed by atoms with Crippen LogP contribution >= 0.6 is 0 Å². The molecule has 3 atom stereocenters. The van der Waals surface area contributed by atoms with Gasteiger partial charge in [-0.2, -0.15) is 0 Å². The van der Waals surface area contributed by atoms with Crippen LogP contribution in [0, 0.1) is 17.8 Å². The second kappa shape index (κ2) is 16.3. The Kier molecular flexibility index (Phi) is 20.6. The molecular weight excluding hydrogens is 374 g/mol. The first kappa shape index (κ1) is 31.6. The van der Waals surface area contributed by atoms with Gasteiger partial charge in [-0.3, -0.25) is 14.4 Å². The Balaban J connectivity index is -0.000000130. The van der Waals surface area contributed by atoms with Crippen LogP contribution in [0.2, 0.25) is 0 Å². The molecule has 25 heavy (non-hydrogen) atoms. The Labute approximate surface area is 159 Å². The topological polar surface area (TPSA) is 190 Å². The predicted molar refractivity (Wildman–Crippen MR) is 91.3 cm³/mol. The minimum absolute atomic E-state index is 0. The Hall–Kier alpha value is -1.19. The van der Waals surface area contributed by atoms with Crippen molar-refractivity contribution < 1.29 is 46.8 Å². The first-order valence-corrected chi connectivity index (χ1v) is 7.61. The second-order valence-corrected chi connectivity index (χ2v) is 6.32. The van der Waals surface area contributed by atoms with Crippen LogP contribution in [-0.4, -0.2) is 51.4 Å². The number of carboxylic acid groups (broad SMARTS) is 3. The minimum Gasteiger partial charge on any atom is -0.480 e. The second-order valence-electron chi connectivity index (χ2n) is 6.32. The fourth-order valence-corrected chi connectivity index (χ4v) is 0.855. The van der Waals surface area contributed by atoms with Crippen molar-refractivity contribution in [1.29, 1.82) is 0 Å². The van der Waals surface area contributed by atoms with Gasteiger partial charge < -0.3 is 32.5 Å². The van der Waals surface area contributed by atoms with Crippen LogP contribution in [0.5, 0.6) is 0 Å². The molecule has 0 rings (SSSR count). The maximum atomic E-state index is 10.0. The molecule has 0 aliphatic rings. The van der Waals surface area contributed by atoms with Crippen LogP contribution in [0.3, 0.4) is 0 Å². The van der Waals surface area contributed by atoms with Crippen LogP contribution in [0.4, 0.5) is 0 Å². The average Bonchev–Trinajstić information content (AvgIpc) is 2.45. The largest absolute Gasteiger partial charge is 0.480 e. The standard InChI is InChI=1S/3C5H11NO2.Fe/c3*1-3(2)4(6)5(7)8;/h3*3-4H,6H2,1-2H3,(H,7,8);/t3*4-;/m000./s1. The molecule has 152 valence electrons. The molecular formula is C15H33FeN3O6. The van der Waals surface area contributed by atoms with Crippen molar-refractivity contribution in [3.05, 3.63) is 0 Å². The van der Waals surface area contributed by atoms with Gasteiger partial charge in [-0.05, 0) is 17.8 Å². The van der Waals surface area contributed by atoms with Gasteiger partial charge in [-0.1, -0.05) is 41.5 Å². The van der Waals surface area contributed by atoms with Gasteiger partial charge in [0.2, 0.25) is 0 Å². The molecule has 0 aromatic heterocycles. The van der Waals surface area contributed by atoms with Gasteiger partial charge in [0.25, 0.3) is 0 Å². The first-order chi connectivity index (χ1) is 10.7. The number of rotatable bonds is 6. The van der Waals surface area contributed by atoms with E-state index in [0.29, 0.717) is 0 Å². The van der Waals surface area contributed by atoms with Gasteiger partial charge in [-0.25, -0.2) is 0 Å². The summed E-state index contributed by atoms with van der Waals surface area (Å²) >= 11 is 0. The molecule has 0 saturated carbocycles. The van der Waals surface area contributed by atoms with Crippen molar-refractivity contribution in [2.24, 2.45) is 35.0 Å². The molecule has 9 N–H and O–H groups in total. The number of aliphatic carboxylic acids is 3. The van der Waals surface area contributed by atoms with E-state index in [1.807, 2.05) is 0 Å². The molecule has 0 aliphatic heterocycles. The third-order valence-corrected chi connectivity index (χ3v) is 3.01. The van der Waals surface area contributed by atoms with E-state index in [1.165, 1.54) is 0 Å². The van der Waals surface area contributed by atoms with Gasteiger partial charge >= 0.3 is 17.9 Å². The number of carboxylic acids is 3. The molecule has 0 aromatic rings. The summed E-state index contributed by atoms with van der Waals surface area (Å²) in [5, 5.41) is 24.7. The van der Waals surface area contributed by atoms with Gasteiger partial charge in [0.15, 0.2) is 0 Å². The number of carbonyl (C=O) groups is 3. The Bertz CT molecular complexity index is 334. The molecule has 0 fully saturated rings. The molecule has 0 saturated heterocycles. The Morgan fingerprint density at radius 1 is 0.560 bits per heavy atom. The summed E-state index contributed by atoms with van der Waals surface area (Å²) in [5.41, 5.74) is 15.5. The molecule has 9 nitrogen and oxygen atoms in total. The molecule has 0 radical (unpaired) electrons. The fourth-order valence-electron chi connectivity index (χ4n) is 0.855. The van der Waals surface area contributed by atoms with Crippen LogP contribution in [0.25, 0.3) is 0 Å². The van der Waals surface area contributed by atoms with E-state index in [4.69, 9.17) is 32.5 Å². The zero-order chi connectivity index (χ0) is 20.2. The third kappa shape index (κ3) is 19.0. The van der Waals surface area contributed by atoms with Gasteiger partial charge in [0.05, 0.1) is 0 Å². The quantitative estimate of drug-likeness (QED) is 0.333. The van der Waals surface area contributed by atoms with E-state index >= 15 is 0 Å². The molecule has 0 aliphatic carbocycles. The minimum atomic E-state index is -0.931. The summed E-state index contributed by atoms with van der Waals surface area (Å²) in [5.74, 6) is -2.73. The first-order valence-electron chi connectivity index (χ1n) is 7.61. The fraction of sp³-hybridized carbons (Fsp3) is 0.800. The van der Waals surface area contributed by atoms with Crippen LogP contribution < -0.4 is 17.2 Å². The monoisotopic (exact) mass is 407 g/mol. The zero-order valence-corrected chi connectivity index (χ0v) is 16.7. The van der Waals surface area contributed by atoms with Crippen LogP contribution in [-0.2, 0) is 31.5 Å². The summed E-state index contributed by atoms with van der Waals surface area (Å²) in [6.45, 7) is 10.7. The molecule has 0 heterocycles. The van der Waals surface area contributed by atoms with Crippen molar-refractivity contribution in [1.82, 2.24) is 0 Å². The summed E-state index contributed by atoms with van der Waals surface area (Å²) in [6.07, 6.45) is 0. The van der Waals surface area contributed by atoms with Crippen LogP contribution in [0.15, 0.2) is 0 Å². The molecule has 0 spiro atoms. The molecule has 0 aromatic carbocycles. The summed E-state index contributed by atoms with van der Waals surface area (Å²) in [7, 11) is 0. The summed E-state index contributed by atoms with van der Waals surface area (Å²) in [6, 6.07) is -2.14. The van der Waals surface area contributed by atoms with E-state index in [-0.39, 0.29) is 34.8 Å². The van der Waals surface area contributed by atoms with E-state index in [2.05, 4.69) is 0 Å². The predicted octanol–water partition coefficient (Wildman–Crippen LogP) is 0.160. The number of hydrogen-bond acceptors (Lipinski definition) is 6. The molecule has 10 heteroatoms. The average molecular weight is 407 g/mol.